The number of hydrogen-bond acceptors (Lipinski definition) is 1. The van der Waals surface area contributed by atoms with Gasteiger partial charge in [-0.15, -0.1) is 11.6 Å². The number of rotatable bonds is 5. The molecule has 0 heterocycles. The van der Waals surface area contributed by atoms with E-state index in [0.29, 0.717) is 0 Å². The van der Waals surface area contributed by atoms with Crippen LogP contribution in [-0.4, -0.2) is 20.4 Å². The molecule has 2 aliphatic rings. The van der Waals surface area contributed by atoms with Gasteiger partial charge in [0.05, 0.1) is 0 Å². The molecular weight excluding hydrogens is 260 g/mol. The summed E-state index contributed by atoms with van der Waals surface area (Å²) < 4.78 is 6.46. The lowest BCUT2D eigenvalue weighted by atomic mass is 9.99. The minimum atomic E-state index is -1.70. The van der Waals surface area contributed by atoms with Crippen LogP contribution in [0.2, 0.25) is 11.1 Å². The third-order valence-electron chi connectivity index (χ3n) is 5.21. The highest BCUT2D eigenvalue weighted by Crippen LogP contribution is 2.49. The van der Waals surface area contributed by atoms with Crippen LogP contribution < -0.4 is 0 Å². The molecule has 0 bridgehead atoms. The van der Waals surface area contributed by atoms with E-state index in [1.807, 2.05) is 0 Å². The van der Waals surface area contributed by atoms with Crippen molar-refractivity contribution < 1.29 is 4.43 Å². The zero-order valence-corrected chi connectivity index (χ0v) is 13.7. The fourth-order valence-electron chi connectivity index (χ4n) is 4.28. The van der Waals surface area contributed by atoms with E-state index in [9.17, 15) is 0 Å². The van der Waals surface area contributed by atoms with Gasteiger partial charge in [0, 0.05) is 12.1 Å². The van der Waals surface area contributed by atoms with E-state index < -0.39 is 8.32 Å². The van der Waals surface area contributed by atoms with Crippen LogP contribution in [0.15, 0.2) is 0 Å². The van der Waals surface area contributed by atoms with Gasteiger partial charge in [-0.25, -0.2) is 0 Å². The van der Waals surface area contributed by atoms with Gasteiger partial charge in [0.15, 0.2) is 0 Å². The zero-order chi connectivity index (χ0) is 12.8. The van der Waals surface area contributed by atoms with Crippen LogP contribution in [0.25, 0.3) is 0 Å². The summed E-state index contributed by atoms with van der Waals surface area (Å²) in [6.45, 7) is 3.05. The minimum Gasteiger partial charge on any atom is -0.415 e. The van der Waals surface area contributed by atoms with Crippen LogP contribution >= 0.6 is 11.6 Å². The van der Waals surface area contributed by atoms with Crippen LogP contribution in [0.3, 0.4) is 0 Å². The molecule has 0 aromatic carbocycles. The van der Waals surface area contributed by atoms with Crippen molar-refractivity contribution in [2.75, 3.05) is 12.1 Å². The normalized spacial score (nSPS) is 24.3. The largest absolute Gasteiger partial charge is 0.415 e. The van der Waals surface area contributed by atoms with Crippen LogP contribution in [0.1, 0.15) is 71.1 Å². The maximum absolute atomic E-state index is 6.51. The molecule has 0 saturated heterocycles. The second-order valence-corrected chi connectivity index (χ2v) is 11.1. The topological polar surface area (TPSA) is 9.23 Å². The Bertz CT molecular complexity index is 217. The van der Waals surface area contributed by atoms with Crippen LogP contribution in [0.4, 0.5) is 0 Å². The zero-order valence-electron chi connectivity index (χ0n) is 11.9. The number of hydrogen-bond donors (Lipinski definition) is 0. The molecule has 2 rings (SSSR count). The fourth-order valence-corrected chi connectivity index (χ4v) is 10.8. The van der Waals surface area contributed by atoms with Gasteiger partial charge in [0.2, 0.25) is 8.32 Å². The summed E-state index contributed by atoms with van der Waals surface area (Å²) in [6, 6.07) is 0. The van der Waals surface area contributed by atoms with Gasteiger partial charge in [-0.3, -0.25) is 0 Å². The molecular formula is C15H29ClOSi. The van der Waals surface area contributed by atoms with Gasteiger partial charge in [-0.1, -0.05) is 64.2 Å². The first-order valence-electron chi connectivity index (χ1n) is 8.03. The van der Waals surface area contributed by atoms with Crippen LogP contribution in [-0.2, 0) is 4.43 Å². The van der Waals surface area contributed by atoms with Crippen molar-refractivity contribution >= 4 is 19.9 Å². The molecule has 0 radical (unpaired) electrons. The summed E-state index contributed by atoms with van der Waals surface area (Å²) in [5.74, 6) is 0. The Kier molecular flexibility index (Phi) is 6.03. The third kappa shape index (κ3) is 3.13. The van der Waals surface area contributed by atoms with Gasteiger partial charge in [0.25, 0.3) is 0 Å². The fraction of sp³-hybridized carbons (Fsp3) is 1.00. The predicted octanol–water partition coefficient (Wildman–Crippen LogP) is 5.42. The van der Waals surface area contributed by atoms with Crippen molar-refractivity contribution in [3.8, 4) is 0 Å². The SMILES string of the molecule is CCO[Si](CCl)(C1CCCCC1)C1CCCCC1. The Morgan fingerprint density at radius 2 is 1.33 bits per heavy atom. The van der Waals surface area contributed by atoms with Crippen LogP contribution in [0.5, 0.6) is 0 Å². The van der Waals surface area contributed by atoms with Crippen LogP contribution in [0, 0.1) is 0 Å². The molecule has 0 aromatic heterocycles. The van der Waals surface area contributed by atoms with Gasteiger partial charge in [-0.05, 0) is 18.0 Å². The molecule has 0 spiro atoms. The molecule has 0 N–H and O–H groups in total. The summed E-state index contributed by atoms with van der Waals surface area (Å²) in [5, 5.41) is 0. The Balaban J connectivity index is 2.13. The highest BCUT2D eigenvalue weighted by atomic mass is 35.5. The lowest BCUT2D eigenvalue weighted by Gasteiger charge is -2.45. The summed E-state index contributed by atoms with van der Waals surface area (Å²) in [7, 11) is -1.70. The van der Waals surface area contributed by atoms with E-state index in [-0.39, 0.29) is 0 Å². The maximum Gasteiger partial charge on any atom is 0.213 e. The lowest BCUT2D eigenvalue weighted by molar-refractivity contribution is 0.276. The monoisotopic (exact) mass is 288 g/mol. The predicted molar refractivity (Wildman–Crippen MR) is 81.8 cm³/mol. The molecule has 18 heavy (non-hydrogen) atoms. The van der Waals surface area contributed by atoms with E-state index in [2.05, 4.69) is 6.92 Å². The van der Waals surface area contributed by atoms with Gasteiger partial charge in [-0.2, -0.15) is 0 Å². The molecule has 0 unspecified atom stereocenters. The van der Waals surface area contributed by atoms with Crippen molar-refractivity contribution in [1.82, 2.24) is 0 Å². The summed E-state index contributed by atoms with van der Waals surface area (Å²) in [5.41, 5.74) is 2.55. The van der Waals surface area contributed by atoms with Crippen molar-refractivity contribution in [1.29, 1.82) is 0 Å². The highest BCUT2D eigenvalue weighted by molar-refractivity contribution is 6.82. The van der Waals surface area contributed by atoms with E-state index in [1.165, 1.54) is 64.2 Å². The molecule has 2 saturated carbocycles. The standard InChI is InChI=1S/C15H29ClOSi/c1-2-17-18(13-16,14-9-5-3-6-10-14)15-11-7-4-8-12-15/h14-15H,2-13H2,1H3. The Hall–Kier alpha value is 0.467. The first-order chi connectivity index (χ1) is 8.83. The number of halogens is 1. The Labute approximate surface area is 119 Å². The molecule has 2 fully saturated rings. The Morgan fingerprint density at radius 1 is 0.889 bits per heavy atom. The van der Waals surface area contributed by atoms with E-state index in [1.54, 1.807) is 0 Å². The van der Waals surface area contributed by atoms with E-state index in [0.717, 1.165) is 23.2 Å². The highest BCUT2D eigenvalue weighted by Gasteiger charge is 2.48. The molecule has 0 amide bonds. The Morgan fingerprint density at radius 3 is 1.67 bits per heavy atom. The molecule has 3 heteroatoms. The molecule has 0 aromatic rings. The maximum atomic E-state index is 6.51. The average Bonchev–Trinajstić information content (AvgIpc) is 2.47. The molecule has 1 nitrogen and oxygen atoms in total. The van der Waals surface area contributed by atoms with Gasteiger partial charge < -0.3 is 4.43 Å². The van der Waals surface area contributed by atoms with Gasteiger partial charge in [0.1, 0.15) is 0 Å². The van der Waals surface area contributed by atoms with Crippen molar-refractivity contribution in [2.24, 2.45) is 0 Å². The molecule has 0 aliphatic heterocycles. The quantitative estimate of drug-likeness (QED) is 0.485. The molecule has 0 atom stereocenters. The van der Waals surface area contributed by atoms with E-state index in [4.69, 9.17) is 16.0 Å². The average molecular weight is 289 g/mol. The summed E-state index contributed by atoms with van der Waals surface area (Å²) in [4.78, 5) is 0. The first kappa shape index (κ1) is 14.9. The van der Waals surface area contributed by atoms with Gasteiger partial charge >= 0.3 is 0 Å². The minimum absolute atomic E-state index is 0.843. The summed E-state index contributed by atoms with van der Waals surface area (Å²) >= 11 is 6.51. The van der Waals surface area contributed by atoms with E-state index >= 15 is 0 Å². The molecule has 2 aliphatic carbocycles. The molecule has 106 valence electrons. The smallest absolute Gasteiger partial charge is 0.213 e. The van der Waals surface area contributed by atoms with Crippen molar-refractivity contribution in [3.63, 3.8) is 0 Å². The third-order valence-corrected chi connectivity index (χ3v) is 11.6. The summed E-state index contributed by atoms with van der Waals surface area (Å²) in [6.07, 6.45) is 14.1. The lowest BCUT2D eigenvalue weighted by Crippen LogP contribution is -2.51. The second kappa shape index (κ2) is 7.30. The first-order valence-corrected chi connectivity index (χ1v) is 10.8. The van der Waals surface area contributed by atoms with Crippen molar-refractivity contribution in [3.05, 3.63) is 0 Å². The second-order valence-electron chi connectivity index (χ2n) is 6.19. The van der Waals surface area contributed by atoms with Crippen molar-refractivity contribution in [2.45, 2.75) is 82.2 Å². The number of alkyl halides is 1.